The first kappa shape index (κ1) is 9.31. The van der Waals surface area contributed by atoms with Crippen LogP contribution in [-0.2, 0) is 4.79 Å². The quantitative estimate of drug-likeness (QED) is 0.717. The van der Waals surface area contributed by atoms with Crippen LogP contribution in [0, 0.1) is 0 Å². The topological polar surface area (TPSA) is 103 Å². The molecule has 78 valence electrons. The number of carboxylic acids is 1. The third-order valence-electron chi connectivity index (χ3n) is 1.69. The highest BCUT2D eigenvalue weighted by atomic mass is 16.5. The van der Waals surface area contributed by atoms with Crippen molar-refractivity contribution in [1.29, 1.82) is 0 Å². The monoisotopic (exact) mass is 209 g/mol. The van der Waals surface area contributed by atoms with Gasteiger partial charge in [-0.1, -0.05) is 0 Å². The van der Waals surface area contributed by atoms with Crippen LogP contribution in [0.1, 0.15) is 6.92 Å². The van der Waals surface area contributed by atoms with E-state index in [9.17, 15) is 4.79 Å². The van der Waals surface area contributed by atoms with Gasteiger partial charge in [-0.2, -0.15) is 0 Å². The third-order valence-corrected chi connectivity index (χ3v) is 1.69. The van der Waals surface area contributed by atoms with Crippen molar-refractivity contribution >= 4 is 11.6 Å². The second-order valence-corrected chi connectivity index (χ2v) is 2.80. The fraction of sp³-hybridized carbons (Fsp3) is 0.286. The van der Waals surface area contributed by atoms with E-state index in [1.165, 1.54) is 13.0 Å². The minimum atomic E-state index is -1.06. The molecular weight excluding hydrogens is 202 g/mol. The van der Waals surface area contributed by atoms with Gasteiger partial charge in [-0.05, 0) is 23.4 Å². The number of fused-ring (bicyclic) bond motifs is 1. The number of nitrogens with zero attached hydrogens (tertiary/aromatic N) is 5. The van der Waals surface area contributed by atoms with Crippen LogP contribution in [0.4, 0.5) is 0 Å². The van der Waals surface area contributed by atoms with Crippen molar-refractivity contribution < 1.29 is 14.6 Å². The SMILES string of the molecule is CC(Oc1ccc2nnnn2n1)C(=O)O. The van der Waals surface area contributed by atoms with Crippen LogP contribution in [0.25, 0.3) is 5.65 Å². The predicted octanol–water partition coefficient (Wildman–Crippen LogP) is -0.629. The zero-order valence-corrected chi connectivity index (χ0v) is 7.73. The molecule has 0 saturated carbocycles. The first-order valence-electron chi connectivity index (χ1n) is 4.12. The molecule has 0 aliphatic heterocycles. The highest BCUT2D eigenvalue weighted by Gasteiger charge is 2.13. The smallest absolute Gasteiger partial charge is 0.344 e. The highest BCUT2D eigenvalue weighted by Crippen LogP contribution is 2.08. The van der Waals surface area contributed by atoms with Gasteiger partial charge in [0.15, 0.2) is 11.8 Å². The van der Waals surface area contributed by atoms with Gasteiger partial charge in [-0.25, -0.2) is 4.79 Å². The molecule has 0 radical (unpaired) electrons. The van der Waals surface area contributed by atoms with E-state index < -0.39 is 12.1 Å². The Morgan fingerprint density at radius 1 is 1.60 bits per heavy atom. The second-order valence-electron chi connectivity index (χ2n) is 2.80. The molecule has 1 unspecified atom stereocenters. The fourth-order valence-electron chi connectivity index (χ4n) is 0.928. The van der Waals surface area contributed by atoms with Crippen LogP contribution in [0.3, 0.4) is 0 Å². The van der Waals surface area contributed by atoms with Gasteiger partial charge in [0, 0.05) is 6.07 Å². The van der Waals surface area contributed by atoms with Crippen LogP contribution >= 0.6 is 0 Å². The summed E-state index contributed by atoms with van der Waals surface area (Å²) in [5.74, 6) is -0.904. The lowest BCUT2D eigenvalue weighted by Gasteiger charge is -2.07. The van der Waals surface area contributed by atoms with Crippen molar-refractivity contribution in [1.82, 2.24) is 25.3 Å². The summed E-state index contributed by atoms with van der Waals surface area (Å²) in [7, 11) is 0. The van der Waals surface area contributed by atoms with Gasteiger partial charge in [0.05, 0.1) is 0 Å². The maximum Gasteiger partial charge on any atom is 0.344 e. The number of tetrazole rings is 1. The molecule has 1 N–H and O–H groups in total. The fourth-order valence-corrected chi connectivity index (χ4v) is 0.928. The number of ether oxygens (including phenoxy) is 1. The number of hydrogen-bond acceptors (Lipinski definition) is 6. The molecule has 1 atom stereocenters. The number of hydrogen-bond donors (Lipinski definition) is 1. The van der Waals surface area contributed by atoms with E-state index in [2.05, 4.69) is 20.6 Å². The molecule has 0 aliphatic rings. The van der Waals surface area contributed by atoms with Crippen molar-refractivity contribution in [3.05, 3.63) is 12.1 Å². The normalized spacial score (nSPS) is 12.6. The average molecular weight is 209 g/mol. The van der Waals surface area contributed by atoms with Crippen LogP contribution < -0.4 is 4.74 Å². The Hall–Kier alpha value is -2.25. The van der Waals surface area contributed by atoms with Crippen molar-refractivity contribution in [3.63, 3.8) is 0 Å². The van der Waals surface area contributed by atoms with E-state index in [0.29, 0.717) is 5.65 Å². The van der Waals surface area contributed by atoms with Crippen LogP contribution in [-0.4, -0.2) is 42.4 Å². The van der Waals surface area contributed by atoms with E-state index in [1.54, 1.807) is 6.07 Å². The number of aliphatic carboxylic acids is 1. The Balaban J connectivity index is 2.24. The average Bonchev–Trinajstić information content (AvgIpc) is 2.64. The lowest BCUT2D eigenvalue weighted by molar-refractivity contribution is -0.144. The zero-order chi connectivity index (χ0) is 10.8. The van der Waals surface area contributed by atoms with Gasteiger partial charge in [-0.15, -0.1) is 14.8 Å². The molecule has 0 saturated heterocycles. The van der Waals surface area contributed by atoms with Gasteiger partial charge < -0.3 is 9.84 Å². The predicted molar refractivity (Wildman–Crippen MR) is 46.3 cm³/mol. The van der Waals surface area contributed by atoms with Crippen molar-refractivity contribution in [2.45, 2.75) is 13.0 Å². The third kappa shape index (κ3) is 1.82. The summed E-state index contributed by atoms with van der Waals surface area (Å²) < 4.78 is 6.18. The maximum atomic E-state index is 10.5. The van der Waals surface area contributed by atoms with Crippen LogP contribution in [0.2, 0.25) is 0 Å². The van der Waals surface area contributed by atoms with Gasteiger partial charge >= 0.3 is 5.97 Å². The molecule has 0 spiro atoms. The molecule has 2 rings (SSSR count). The van der Waals surface area contributed by atoms with Gasteiger partial charge in [0.1, 0.15) is 0 Å². The molecule has 8 nitrogen and oxygen atoms in total. The standard InChI is InChI=1S/C7H7N5O3/c1-4(7(13)14)15-6-3-2-5-8-10-11-12(5)9-6/h2-4H,1H3,(H,13,14). The minimum Gasteiger partial charge on any atom is -0.479 e. The van der Waals surface area contributed by atoms with E-state index in [1.807, 2.05) is 0 Å². The molecule has 2 heterocycles. The summed E-state index contributed by atoms with van der Waals surface area (Å²) in [6.07, 6.45) is -0.966. The lowest BCUT2D eigenvalue weighted by Crippen LogP contribution is -2.23. The summed E-state index contributed by atoms with van der Waals surface area (Å²) >= 11 is 0. The number of carbonyl (C=O) groups is 1. The largest absolute Gasteiger partial charge is 0.479 e. The lowest BCUT2D eigenvalue weighted by atomic mass is 10.4. The van der Waals surface area contributed by atoms with Crippen LogP contribution in [0.5, 0.6) is 5.88 Å². The van der Waals surface area contributed by atoms with E-state index in [0.717, 1.165) is 4.63 Å². The molecule has 0 fully saturated rings. The molecule has 0 bridgehead atoms. The summed E-state index contributed by atoms with van der Waals surface area (Å²) in [5.41, 5.74) is 0.463. The molecule has 8 heteroatoms. The molecule has 0 amide bonds. The molecule has 15 heavy (non-hydrogen) atoms. The first-order chi connectivity index (χ1) is 7.16. The summed E-state index contributed by atoms with van der Waals surface area (Å²) in [4.78, 5) is 10.5. The first-order valence-corrected chi connectivity index (χ1v) is 4.12. The molecule has 0 aliphatic carbocycles. The Labute approximate surface area is 83.5 Å². The van der Waals surface area contributed by atoms with E-state index in [-0.39, 0.29) is 5.88 Å². The Kier molecular flexibility index (Phi) is 2.16. The Bertz CT molecular complexity index is 496. The maximum absolute atomic E-state index is 10.5. The zero-order valence-electron chi connectivity index (χ0n) is 7.73. The van der Waals surface area contributed by atoms with Crippen molar-refractivity contribution in [3.8, 4) is 5.88 Å². The second kappa shape index (κ2) is 3.48. The van der Waals surface area contributed by atoms with Gasteiger partial charge in [-0.3, -0.25) is 0 Å². The van der Waals surface area contributed by atoms with E-state index >= 15 is 0 Å². The highest BCUT2D eigenvalue weighted by molar-refractivity contribution is 5.72. The van der Waals surface area contributed by atoms with Crippen molar-refractivity contribution in [2.24, 2.45) is 0 Å². The molecule has 2 aromatic heterocycles. The van der Waals surface area contributed by atoms with Gasteiger partial charge in [0.2, 0.25) is 5.88 Å². The molecule has 0 aromatic carbocycles. The summed E-state index contributed by atoms with van der Waals surface area (Å²) in [5, 5.41) is 23.0. The summed E-state index contributed by atoms with van der Waals surface area (Å²) in [6, 6.07) is 3.09. The molecular formula is C7H7N5O3. The van der Waals surface area contributed by atoms with E-state index in [4.69, 9.17) is 9.84 Å². The van der Waals surface area contributed by atoms with Crippen molar-refractivity contribution in [2.75, 3.05) is 0 Å². The number of carboxylic acid groups (broad SMARTS) is 1. The minimum absolute atomic E-state index is 0.157. The molecule has 2 aromatic rings. The van der Waals surface area contributed by atoms with Crippen LogP contribution in [0.15, 0.2) is 12.1 Å². The Morgan fingerprint density at radius 2 is 2.40 bits per heavy atom. The van der Waals surface area contributed by atoms with Gasteiger partial charge in [0.25, 0.3) is 0 Å². The summed E-state index contributed by atoms with van der Waals surface area (Å²) in [6.45, 7) is 1.41. The number of aromatic nitrogens is 5. The number of rotatable bonds is 3. The Morgan fingerprint density at radius 3 is 3.13 bits per heavy atom.